The van der Waals surface area contributed by atoms with Crippen LogP contribution < -0.4 is 5.73 Å². The molecule has 102 valence electrons. The Hall–Kier alpha value is -1.38. The van der Waals surface area contributed by atoms with Gasteiger partial charge < -0.3 is 5.73 Å². The standard InChI is InChI=1S/C11H13BrN4O2S/c1-16(7-8-5-14-15-6-8)19(17,18)11-3-2-9(13)4-10(11)12/h2-6H,7,13H2,1H3,(H,14,15). The smallest absolute Gasteiger partial charge is 0.244 e. The maximum absolute atomic E-state index is 12.4. The van der Waals surface area contributed by atoms with Crippen LogP contribution in [0.2, 0.25) is 0 Å². The van der Waals surface area contributed by atoms with Gasteiger partial charge in [0.1, 0.15) is 0 Å². The molecule has 0 amide bonds. The molecule has 8 heteroatoms. The van der Waals surface area contributed by atoms with Crippen molar-refractivity contribution < 1.29 is 8.42 Å². The molecule has 0 bridgehead atoms. The van der Waals surface area contributed by atoms with E-state index < -0.39 is 10.0 Å². The van der Waals surface area contributed by atoms with Crippen molar-refractivity contribution in [3.63, 3.8) is 0 Å². The molecule has 2 aromatic rings. The summed E-state index contributed by atoms with van der Waals surface area (Å²) in [6, 6.07) is 4.61. The largest absolute Gasteiger partial charge is 0.399 e. The predicted molar refractivity (Wildman–Crippen MR) is 75.8 cm³/mol. The Morgan fingerprint density at radius 3 is 2.79 bits per heavy atom. The Balaban J connectivity index is 2.31. The van der Waals surface area contributed by atoms with Gasteiger partial charge >= 0.3 is 0 Å². The van der Waals surface area contributed by atoms with E-state index >= 15 is 0 Å². The van der Waals surface area contributed by atoms with Crippen LogP contribution in [0, 0.1) is 0 Å². The van der Waals surface area contributed by atoms with Crippen LogP contribution in [0.3, 0.4) is 0 Å². The second-order valence-corrected chi connectivity index (χ2v) is 6.93. The topological polar surface area (TPSA) is 92.1 Å². The Morgan fingerprint density at radius 2 is 2.21 bits per heavy atom. The summed E-state index contributed by atoms with van der Waals surface area (Å²) in [7, 11) is -2.05. The number of anilines is 1. The molecule has 6 nitrogen and oxygen atoms in total. The molecule has 19 heavy (non-hydrogen) atoms. The third-order valence-electron chi connectivity index (χ3n) is 2.60. The minimum Gasteiger partial charge on any atom is -0.399 e. The highest BCUT2D eigenvalue weighted by atomic mass is 79.9. The Kier molecular flexibility index (Phi) is 3.93. The van der Waals surface area contributed by atoms with Crippen LogP contribution in [-0.4, -0.2) is 30.0 Å². The number of nitrogens with one attached hydrogen (secondary N) is 1. The number of hydrogen-bond donors (Lipinski definition) is 2. The normalized spacial score (nSPS) is 11.9. The molecule has 0 radical (unpaired) electrons. The van der Waals surface area contributed by atoms with Crippen LogP contribution in [0.25, 0.3) is 0 Å². The fourth-order valence-corrected chi connectivity index (χ4v) is 3.81. The lowest BCUT2D eigenvalue weighted by molar-refractivity contribution is 0.466. The van der Waals surface area contributed by atoms with Crippen molar-refractivity contribution in [1.82, 2.24) is 14.5 Å². The maximum Gasteiger partial charge on any atom is 0.244 e. The first-order valence-corrected chi connectivity index (χ1v) is 7.63. The van der Waals surface area contributed by atoms with Gasteiger partial charge in [0.2, 0.25) is 10.0 Å². The lowest BCUT2D eigenvalue weighted by atomic mass is 10.3. The molecule has 1 aromatic heterocycles. The third kappa shape index (κ3) is 2.96. The number of aromatic nitrogens is 2. The zero-order chi connectivity index (χ0) is 14.0. The summed E-state index contributed by atoms with van der Waals surface area (Å²) >= 11 is 3.22. The van der Waals surface area contributed by atoms with Crippen molar-refractivity contribution in [2.75, 3.05) is 12.8 Å². The number of sulfonamides is 1. The van der Waals surface area contributed by atoms with Gasteiger partial charge in [-0.1, -0.05) is 0 Å². The molecule has 3 N–H and O–H groups in total. The zero-order valence-electron chi connectivity index (χ0n) is 10.2. The van der Waals surface area contributed by atoms with Gasteiger partial charge in [0.25, 0.3) is 0 Å². The van der Waals surface area contributed by atoms with E-state index in [2.05, 4.69) is 26.1 Å². The number of rotatable bonds is 4. The molecule has 0 fully saturated rings. The highest BCUT2D eigenvalue weighted by Gasteiger charge is 2.23. The Labute approximate surface area is 119 Å². The van der Waals surface area contributed by atoms with Crippen molar-refractivity contribution in [3.05, 3.63) is 40.6 Å². The van der Waals surface area contributed by atoms with Gasteiger partial charge in [0.15, 0.2) is 0 Å². The molecule has 0 saturated heterocycles. The van der Waals surface area contributed by atoms with Crippen molar-refractivity contribution >= 4 is 31.6 Å². The van der Waals surface area contributed by atoms with Gasteiger partial charge in [-0.05, 0) is 34.1 Å². The van der Waals surface area contributed by atoms with Crippen LogP contribution in [0.4, 0.5) is 5.69 Å². The van der Waals surface area contributed by atoms with E-state index in [9.17, 15) is 8.42 Å². The van der Waals surface area contributed by atoms with Gasteiger partial charge in [-0.25, -0.2) is 8.42 Å². The molecule has 0 atom stereocenters. The van der Waals surface area contributed by atoms with Crippen LogP contribution in [0.5, 0.6) is 0 Å². The van der Waals surface area contributed by atoms with Gasteiger partial charge in [0.05, 0.1) is 11.1 Å². The average molecular weight is 345 g/mol. The lowest BCUT2D eigenvalue weighted by Crippen LogP contribution is -2.26. The van der Waals surface area contributed by atoms with E-state index in [1.807, 2.05) is 0 Å². The monoisotopic (exact) mass is 344 g/mol. The molecule has 1 aromatic carbocycles. The molecular weight excluding hydrogens is 332 g/mol. The fourth-order valence-electron chi connectivity index (χ4n) is 1.60. The molecule has 0 aliphatic carbocycles. The third-order valence-corrected chi connectivity index (χ3v) is 5.38. The van der Waals surface area contributed by atoms with Crippen LogP contribution in [-0.2, 0) is 16.6 Å². The number of nitrogen functional groups attached to an aromatic ring is 1. The van der Waals surface area contributed by atoms with E-state index in [1.165, 1.54) is 17.4 Å². The second-order valence-electron chi connectivity index (χ2n) is 4.06. The number of hydrogen-bond acceptors (Lipinski definition) is 4. The zero-order valence-corrected chi connectivity index (χ0v) is 12.6. The van der Waals surface area contributed by atoms with E-state index in [0.29, 0.717) is 10.2 Å². The van der Waals surface area contributed by atoms with Gasteiger partial charge in [0, 0.05) is 35.5 Å². The quantitative estimate of drug-likeness (QED) is 0.823. The summed E-state index contributed by atoms with van der Waals surface area (Å²) in [5, 5.41) is 6.43. The van der Waals surface area contributed by atoms with E-state index in [4.69, 9.17) is 5.73 Å². The first-order chi connectivity index (χ1) is 8.91. The Bertz CT molecular complexity index is 670. The minimum atomic E-state index is -3.57. The maximum atomic E-state index is 12.4. The lowest BCUT2D eigenvalue weighted by Gasteiger charge is -2.17. The van der Waals surface area contributed by atoms with E-state index in [0.717, 1.165) is 5.56 Å². The number of H-pyrrole nitrogens is 1. The summed E-state index contributed by atoms with van der Waals surface area (Å²) in [6.07, 6.45) is 3.24. The van der Waals surface area contributed by atoms with Gasteiger partial charge in [-0.2, -0.15) is 9.40 Å². The average Bonchev–Trinajstić information content (AvgIpc) is 2.81. The van der Waals surface area contributed by atoms with Gasteiger partial charge in [-0.3, -0.25) is 5.10 Å². The number of halogens is 1. The van der Waals surface area contributed by atoms with E-state index in [-0.39, 0.29) is 11.4 Å². The molecule has 0 unspecified atom stereocenters. The summed E-state index contributed by atoms with van der Waals surface area (Å²) < 4.78 is 26.5. The van der Waals surface area contributed by atoms with Crippen LogP contribution >= 0.6 is 15.9 Å². The van der Waals surface area contributed by atoms with Crippen LogP contribution in [0.1, 0.15) is 5.56 Å². The Morgan fingerprint density at radius 1 is 1.47 bits per heavy atom. The molecule has 1 heterocycles. The summed E-state index contributed by atoms with van der Waals surface area (Å²) in [4.78, 5) is 0.188. The number of nitrogens with zero attached hydrogens (tertiary/aromatic N) is 2. The summed E-state index contributed by atoms with van der Waals surface area (Å²) in [5.74, 6) is 0. The summed E-state index contributed by atoms with van der Waals surface area (Å²) in [5.41, 5.74) is 6.90. The molecule has 0 spiro atoms. The number of benzene rings is 1. The molecule has 0 saturated carbocycles. The summed E-state index contributed by atoms with van der Waals surface area (Å²) in [6.45, 7) is 0.246. The molecule has 0 aliphatic rings. The molecule has 2 rings (SSSR count). The highest BCUT2D eigenvalue weighted by molar-refractivity contribution is 9.10. The van der Waals surface area contributed by atoms with Crippen molar-refractivity contribution in [1.29, 1.82) is 0 Å². The second kappa shape index (κ2) is 5.32. The molecular formula is C11H13BrN4O2S. The predicted octanol–water partition coefficient (Wildman–Crippen LogP) is 1.58. The minimum absolute atomic E-state index is 0.188. The van der Waals surface area contributed by atoms with Crippen molar-refractivity contribution in [2.45, 2.75) is 11.4 Å². The van der Waals surface area contributed by atoms with Crippen molar-refractivity contribution in [3.8, 4) is 0 Å². The SMILES string of the molecule is CN(Cc1cn[nH]c1)S(=O)(=O)c1ccc(N)cc1Br. The van der Waals surface area contributed by atoms with Gasteiger partial charge in [-0.15, -0.1) is 0 Å². The molecule has 0 aliphatic heterocycles. The number of nitrogens with two attached hydrogens (primary N) is 1. The van der Waals surface area contributed by atoms with E-state index in [1.54, 1.807) is 24.5 Å². The first-order valence-electron chi connectivity index (χ1n) is 5.40. The fraction of sp³-hybridized carbons (Fsp3) is 0.182. The number of aromatic amines is 1. The van der Waals surface area contributed by atoms with Crippen molar-refractivity contribution in [2.24, 2.45) is 0 Å². The highest BCUT2D eigenvalue weighted by Crippen LogP contribution is 2.27. The van der Waals surface area contributed by atoms with Crippen LogP contribution in [0.15, 0.2) is 40.0 Å². The first kappa shape index (κ1) is 14.0.